The number of nitrogens with zero attached hydrogens (tertiary/aromatic N) is 5. The molecule has 0 saturated heterocycles. The molecule has 0 N–H and O–H groups in total. The molecule has 0 saturated carbocycles. The van der Waals surface area contributed by atoms with Crippen LogP contribution in [0.3, 0.4) is 0 Å². The number of amidine groups is 2. The van der Waals surface area contributed by atoms with E-state index < -0.39 is 0 Å². The van der Waals surface area contributed by atoms with Crippen molar-refractivity contribution in [3.05, 3.63) is 29.6 Å². The van der Waals surface area contributed by atoms with Crippen LogP contribution in [-0.4, -0.2) is 68.6 Å². The highest BCUT2D eigenvalue weighted by Gasteiger charge is 2.17. The molecule has 0 spiro atoms. The van der Waals surface area contributed by atoms with Crippen LogP contribution in [0.25, 0.3) is 0 Å². The van der Waals surface area contributed by atoms with Crippen LogP contribution in [0.4, 0.5) is 0 Å². The van der Waals surface area contributed by atoms with Crippen LogP contribution in [0.1, 0.15) is 24.2 Å². The van der Waals surface area contributed by atoms with Gasteiger partial charge in [-0.15, -0.1) is 0 Å². The summed E-state index contributed by atoms with van der Waals surface area (Å²) in [5.41, 5.74) is 3.56. The number of hydrogen-bond donors (Lipinski definition) is 0. The number of hydrogen-bond acceptors (Lipinski definition) is 7. The lowest BCUT2D eigenvalue weighted by Crippen LogP contribution is -2.06. The minimum atomic E-state index is 0.616. The third-order valence-electron chi connectivity index (χ3n) is 3.75. The number of pyridine rings is 1. The van der Waals surface area contributed by atoms with E-state index in [1.807, 2.05) is 18.2 Å². The second kappa shape index (κ2) is 8.03. The van der Waals surface area contributed by atoms with Gasteiger partial charge in [0.1, 0.15) is 11.4 Å². The topological polar surface area (TPSA) is 80.8 Å². The average Bonchev–Trinajstić information content (AvgIpc) is 3.28. The molecule has 2 aliphatic rings. The maximum Gasteiger partial charge on any atom is 0.173 e. The van der Waals surface area contributed by atoms with E-state index in [-0.39, 0.29) is 0 Å². The van der Waals surface area contributed by atoms with Crippen LogP contribution in [0, 0.1) is 0 Å². The molecule has 0 fully saturated rings. The van der Waals surface area contributed by atoms with E-state index in [4.69, 9.17) is 9.47 Å². The van der Waals surface area contributed by atoms with Crippen molar-refractivity contribution in [3.63, 3.8) is 0 Å². The van der Waals surface area contributed by atoms with E-state index in [0.717, 1.165) is 35.7 Å². The van der Waals surface area contributed by atoms with E-state index in [1.165, 1.54) is 0 Å². The molecule has 0 aromatic carbocycles. The monoisotopic (exact) mass is 327 g/mol. The smallest absolute Gasteiger partial charge is 0.173 e. The summed E-state index contributed by atoms with van der Waals surface area (Å²) in [5, 5.41) is 0. The van der Waals surface area contributed by atoms with E-state index in [2.05, 4.69) is 25.0 Å². The molecule has 24 heavy (non-hydrogen) atoms. The number of ether oxygens (including phenoxy) is 2. The lowest BCUT2D eigenvalue weighted by atomic mass is 10.2. The first-order chi connectivity index (χ1) is 11.8. The Morgan fingerprint density at radius 2 is 1.33 bits per heavy atom. The summed E-state index contributed by atoms with van der Waals surface area (Å²) in [6.45, 7) is 2.55. The van der Waals surface area contributed by atoms with Gasteiger partial charge in [-0.25, -0.2) is 15.0 Å². The number of rotatable bonds is 8. The second-order valence-electron chi connectivity index (χ2n) is 5.53. The fourth-order valence-electron chi connectivity index (χ4n) is 2.44. The molecule has 1 aromatic rings. The van der Waals surface area contributed by atoms with Crippen molar-refractivity contribution in [2.75, 3.05) is 40.5 Å². The fraction of sp³-hybridized carbons (Fsp3) is 0.471. The minimum Gasteiger partial charge on any atom is -0.384 e. The lowest BCUT2D eigenvalue weighted by Gasteiger charge is -2.01. The molecule has 0 unspecified atom stereocenters. The molecule has 0 amide bonds. The van der Waals surface area contributed by atoms with E-state index in [1.54, 1.807) is 14.2 Å². The molecule has 2 aliphatic heterocycles. The van der Waals surface area contributed by atoms with Crippen LogP contribution in [0.5, 0.6) is 0 Å². The molecular formula is C17H21N5O2. The highest BCUT2D eigenvalue weighted by Crippen LogP contribution is 2.12. The predicted molar refractivity (Wildman–Crippen MR) is 94.9 cm³/mol. The zero-order chi connectivity index (χ0) is 16.8. The van der Waals surface area contributed by atoms with Crippen molar-refractivity contribution < 1.29 is 9.47 Å². The summed E-state index contributed by atoms with van der Waals surface area (Å²) in [5.74, 6) is 1.34. The Morgan fingerprint density at radius 1 is 0.833 bits per heavy atom. The molecule has 7 heteroatoms. The van der Waals surface area contributed by atoms with Gasteiger partial charge < -0.3 is 9.47 Å². The van der Waals surface area contributed by atoms with E-state index in [9.17, 15) is 0 Å². The second-order valence-corrected chi connectivity index (χ2v) is 5.53. The van der Waals surface area contributed by atoms with Gasteiger partial charge in [-0.2, -0.15) is 0 Å². The van der Waals surface area contributed by atoms with E-state index >= 15 is 0 Å². The van der Waals surface area contributed by atoms with Crippen molar-refractivity contribution in [1.29, 1.82) is 0 Å². The van der Waals surface area contributed by atoms with Crippen molar-refractivity contribution in [3.8, 4) is 0 Å². The molecule has 3 rings (SSSR count). The molecule has 0 radical (unpaired) electrons. The Morgan fingerprint density at radius 3 is 1.79 bits per heavy atom. The van der Waals surface area contributed by atoms with Crippen LogP contribution >= 0.6 is 0 Å². The Kier molecular flexibility index (Phi) is 5.55. The first-order valence-electron chi connectivity index (χ1n) is 7.97. The molecule has 0 bridgehead atoms. The third kappa shape index (κ3) is 3.98. The SMILES string of the molecule is COCCC1=NC(c2cccc(C3=NCC(CCOC)=N3)n2)=NC1. The maximum atomic E-state index is 5.08. The van der Waals surface area contributed by atoms with Gasteiger partial charge in [0.2, 0.25) is 0 Å². The summed E-state index contributed by atoms with van der Waals surface area (Å²) < 4.78 is 10.2. The normalized spacial score (nSPS) is 16.8. The van der Waals surface area contributed by atoms with Crippen LogP contribution in [-0.2, 0) is 9.47 Å². The van der Waals surface area contributed by atoms with Gasteiger partial charge in [-0.1, -0.05) is 6.07 Å². The Balaban J connectivity index is 1.72. The van der Waals surface area contributed by atoms with Gasteiger partial charge in [-0.3, -0.25) is 9.98 Å². The van der Waals surface area contributed by atoms with Gasteiger partial charge in [0.05, 0.1) is 26.3 Å². The molecule has 3 heterocycles. The zero-order valence-electron chi connectivity index (χ0n) is 14.0. The molecule has 126 valence electrons. The first kappa shape index (κ1) is 16.6. The highest BCUT2D eigenvalue weighted by atomic mass is 16.5. The number of methoxy groups -OCH3 is 2. The summed E-state index contributed by atoms with van der Waals surface area (Å²) in [7, 11) is 3.37. The summed E-state index contributed by atoms with van der Waals surface area (Å²) in [6.07, 6.45) is 1.59. The summed E-state index contributed by atoms with van der Waals surface area (Å²) in [6, 6.07) is 5.76. The lowest BCUT2D eigenvalue weighted by molar-refractivity contribution is 0.207. The highest BCUT2D eigenvalue weighted by molar-refractivity contribution is 6.13. The summed E-state index contributed by atoms with van der Waals surface area (Å²) >= 11 is 0. The third-order valence-corrected chi connectivity index (χ3v) is 3.75. The molecule has 7 nitrogen and oxygen atoms in total. The zero-order valence-corrected chi connectivity index (χ0v) is 14.0. The van der Waals surface area contributed by atoms with Gasteiger partial charge >= 0.3 is 0 Å². The van der Waals surface area contributed by atoms with Gasteiger partial charge in [0, 0.05) is 38.5 Å². The van der Waals surface area contributed by atoms with Crippen LogP contribution < -0.4 is 0 Å². The molecule has 1 aromatic heterocycles. The van der Waals surface area contributed by atoms with Crippen molar-refractivity contribution >= 4 is 23.1 Å². The minimum absolute atomic E-state index is 0.616. The standard InChI is InChI=1S/C17H21N5O2/c1-23-8-6-12-10-18-16(20-12)14-4-3-5-15(22-14)17-19-11-13(21-17)7-9-24-2/h3-5H,6-11H2,1-2H3. The van der Waals surface area contributed by atoms with Crippen molar-refractivity contribution in [2.45, 2.75) is 12.8 Å². The Labute approximate surface area is 141 Å². The Bertz CT molecular complexity index is 664. The quantitative estimate of drug-likeness (QED) is 0.726. The van der Waals surface area contributed by atoms with Crippen LogP contribution in [0.2, 0.25) is 0 Å². The average molecular weight is 327 g/mol. The number of aromatic nitrogens is 1. The van der Waals surface area contributed by atoms with Gasteiger partial charge in [0.15, 0.2) is 11.7 Å². The van der Waals surface area contributed by atoms with Crippen molar-refractivity contribution in [1.82, 2.24) is 4.98 Å². The molecular weight excluding hydrogens is 306 g/mol. The fourth-order valence-corrected chi connectivity index (χ4v) is 2.44. The van der Waals surface area contributed by atoms with Crippen LogP contribution in [0.15, 0.2) is 38.2 Å². The van der Waals surface area contributed by atoms with Gasteiger partial charge in [0.25, 0.3) is 0 Å². The van der Waals surface area contributed by atoms with Crippen molar-refractivity contribution in [2.24, 2.45) is 20.0 Å². The predicted octanol–water partition coefficient (Wildman–Crippen LogP) is 1.56. The largest absolute Gasteiger partial charge is 0.384 e. The first-order valence-corrected chi connectivity index (χ1v) is 7.97. The maximum absolute atomic E-state index is 5.08. The summed E-state index contributed by atoms with van der Waals surface area (Å²) in [4.78, 5) is 22.7. The van der Waals surface area contributed by atoms with E-state index in [0.29, 0.717) is 38.0 Å². The molecule has 0 aliphatic carbocycles. The number of aliphatic imine (C=N–C) groups is 4. The Hall–Kier alpha value is -2.25. The van der Waals surface area contributed by atoms with Gasteiger partial charge in [-0.05, 0) is 12.1 Å². The molecule has 0 atom stereocenters.